The maximum Gasteiger partial charge on any atom is 0.292 e. The zero-order chi connectivity index (χ0) is 13.3. The molecule has 0 unspecified atom stereocenters. The quantitative estimate of drug-likeness (QED) is 0.397. The molecule has 4 aromatic rings. The molecule has 1 aliphatic rings. The minimum Gasteiger partial charge on any atom is -0.249 e. The van der Waals surface area contributed by atoms with Crippen LogP contribution in [0, 0.1) is 0 Å². The first-order valence-electron chi connectivity index (χ1n) is 6.64. The van der Waals surface area contributed by atoms with E-state index in [1.807, 2.05) is 29.0 Å². The molecule has 20 heavy (non-hydrogen) atoms. The monoisotopic (exact) mass is 262 g/mol. The van der Waals surface area contributed by atoms with Gasteiger partial charge in [0, 0.05) is 17.8 Å². The number of aryl methyl sites for hydroxylation is 1. The van der Waals surface area contributed by atoms with Gasteiger partial charge in [-0.15, -0.1) is 9.61 Å². The Morgan fingerprint density at radius 2 is 2.10 bits per heavy atom. The third-order valence-corrected chi connectivity index (χ3v) is 4.11. The van der Waals surface area contributed by atoms with Crippen molar-refractivity contribution in [1.29, 1.82) is 0 Å². The highest BCUT2D eigenvalue weighted by Crippen LogP contribution is 2.32. The Kier molecular flexibility index (Phi) is 1.65. The van der Waals surface area contributed by atoms with Crippen LogP contribution < -0.4 is 4.57 Å². The molecule has 4 aromatic heterocycles. The Labute approximate surface area is 114 Å². The third-order valence-electron chi connectivity index (χ3n) is 4.11. The zero-order valence-corrected chi connectivity index (χ0v) is 11.0. The van der Waals surface area contributed by atoms with E-state index in [9.17, 15) is 0 Å². The van der Waals surface area contributed by atoms with E-state index in [1.165, 1.54) is 11.1 Å². The second-order valence-electron chi connectivity index (χ2n) is 5.19. The van der Waals surface area contributed by atoms with Gasteiger partial charge in [-0.3, -0.25) is 0 Å². The van der Waals surface area contributed by atoms with Crippen LogP contribution in [0.2, 0.25) is 0 Å². The molecule has 0 fully saturated rings. The highest BCUT2D eigenvalue weighted by molar-refractivity contribution is 5.82. The normalized spacial score (nSPS) is 13.1. The van der Waals surface area contributed by atoms with Crippen molar-refractivity contribution in [2.75, 3.05) is 0 Å². The smallest absolute Gasteiger partial charge is 0.249 e. The maximum atomic E-state index is 4.55. The molecule has 5 heteroatoms. The number of imidazole rings is 1. The molecule has 96 valence electrons. The van der Waals surface area contributed by atoms with Gasteiger partial charge in [-0.1, -0.05) is 6.07 Å². The molecule has 0 amide bonds. The molecule has 0 saturated heterocycles. The maximum absolute atomic E-state index is 4.55. The van der Waals surface area contributed by atoms with Gasteiger partial charge in [-0.25, -0.2) is 14.1 Å². The molecule has 5 rings (SSSR count). The lowest BCUT2D eigenvalue weighted by Crippen LogP contribution is -2.31. The van der Waals surface area contributed by atoms with Crippen LogP contribution in [-0.4, -0.2) is 19.2 Å². The largest absolute Gasteiger partial charge is 0.292 e. The highest BCUT2D eigenvalue weighted by Gasteiger charge is 2.33. The number of aromatic nitrogens is 5. The van der Waals surface area contributed by atoms with Gasteiger partial charge in [0.2, 0.25) is 0 Å². The van der Waals surface area contributed by atoms with Crippen LogP contribution >= 0.6 is 0 Å². The van der Waals surface area contributed by atoms with Crippen LogP contribution in [0.15, 0.2) is 42.7 Å². The van der Waals surface area contributed by atoms with E-state index in [-0.39, 0.29) is 0 Å². The van der Waals surface area contributed by atoms with Gasteiger partial charge in [-0.2, -0.15) is 0 Å². The summed E-state index contributed by atoms with van der Waals surface area (Å²) in [6, 6.07) is 10.4. The number of rotatable bonds is 0. The molecule has 0 aromatic carbocycles. The second kappa shape index (κ2) is 3.25. The van der Waals surface area contributed by atoms with Crippen LogP contribution in [-0.2, 0) is 13.6 Å². The van der Waals surface area contributed by atoms with Gasteiger partial charge >= 0.3 is 0 Å². The Balaban J connectivity index is 1.98. The van der Waals surface area contributed by atoms with Crippen molar-refractivity contribution < 1.29 is 4.57 Å². The fourth-order valence-corrected chi connectivity index (χ4v) is 3.28. The van der Waals surface area contributed by atoms with Gasteiger partial charge in [-0.05, 0) is 18.2 Å². The van der Waals surface area contributed by atoms with Crippen molar-refractivity contribution in [3.05, 3.63) is 48.3 Å². The fraction of sp³-hybridized carbons (Fsp3) is 0.133. The van der Waals surface area contributed by atoms with Crippen LogP contribution in [0.5, 0.6) is 0 Å². The lowest BCUT2D eigenvalue weighted by Gasteiger charge is -1.96. The SMILES string of the molecule is C[n+]1c2n(c3cc4cccnn4c31)Cc1cccnc1-2. The molecule has 0 spiro atoms. The van der Waals surface area contributed by atoms with E-state index in [0.717, 1.165) is 29.2 Å². The number of hydrogen-bond acceptors (Lipinski definition) is 2. The summed E-state index contributed by atoms with van der Waals surface area (Å²) >= 11 is 0. The van der Waals surface area contributed by atoms with E-state index < -0.39 is 0 Å². The summed E-state index contributed by atoms with van der Waals surface area (Å²) in [6.07, 6.45) is 3.68. The first-order chi connectivity index (χ1) is 9.84. The van der Waals surface area contributed by atoms with Crippen molar-refractivity contribution in [3.8, 4) is 11.5 Å². The number of pyridine rings is 1. The van der Waals surface area contributed by atoms with Gasteiger partial charge in [0.25, 0.3) is 11.5 Å². The average molecular weight is 262 g/mol. The van der Waals surface area contributed by atoms with Crippen LogP contribution in [0.3, 0.4) is 0 Å². The van der Waals surface area contributed by atoms with E-state index in [2.05, 4.69) is 44.5 Å². The van der Waals surface area contributed by atoms with Gasteiger partial charge in [0.15, 0.2) is 5.52 Å². The number of hydrogen-bond donors (Lipinski definition) is 0. The minimum absolute atomic E-state index is 0.882. The summed E-state index contributed by atoms with van der Waals surface area (Å²) in [6.45, 7) is 0.882. The number of fused-ring (bicyclic) bond motifs is 7. The van der Waals surface area contributed by atoms with Gasteiger partial charge in [0.05, 0.1) is 19.8 Å². The molecule has 0 bridgehead atoms. The fourth-order valence-electron chi connectivity index (χ4n) is 3.28. The lowest BCUT2D eigenvalue weighted by molar-refractivity contribution is -0.636. The van der Waals surface area contributed by atoms with Crippen molar-refractivity contribution in [2.24, 2.45) is 7.05 Å². The Bertz CT molecular complexity index is 992. The van der Waals surface area contributed by atoms with E-state index >= 15 is 0 Å². The predicted octanol–water partition coefficient (Wildman–Crippen LogP) is 1.54. The summed E-state index contributed by atoms with van der Waals surface area (Å²) in [5.41, 5.74) is 5.80. The Morgan fingerprint density at radius 3 is 3.05 bits per heavy atom. The summed E-state index contributed by atoms with van der Waals surface area (Å²) in [5.74, 6) is 1.16. The second-order valence-corrected chi connectivity index (χ2v) is 5.19. The van der Waals surface area contributed by atoms with Crippen LogP contribution in [0.1, 0.15) is 5.56 Å². The number of nitrogens with zero attached hydrogens (tertiary/aromatic N) is 5. The molecule has 0 saturated carbocycles. The summed E-state index contributed by atoms with van der Waals surface area (Å²) < 4.78 is 6.50. The minimum atomic E-state index is 0.882. The average Bonchev–Trinajstić information content (AvgIpc) is 3.10. The standard InChI is InChI=1S/C15H12N5/c1-18-14-12(8-11-5-3-7-17-20(11)14)19-9-10-4-2-6-16-13(10)15(18)19/h2-8H,9H2,1H3/q+1. The molecular weight excluding hydrogens is 250 g/mol. The van der Waals surface area contributed by atoms with E-state index in [1.54, 1.807) is 0 Å². The predicted molar refractivity (Wildman–Crippen MR) is 74.2 cm³/mol. The Hall–Kier alpha value is -2.69. The highest BCUT2D eigenvalue weighted by atomic mass is 15.3. The van der Waals surface area contributed by atoms with Gasteiger partial charge in [0.1, 0.15) is 11.2 Å². The van der Waals surface area contributed by atoms with Crippen molar-refractivity contribution >= 4 is 16.7 Å². The molecule has 0 atom stereocenters. The summed E-state index contributed by atoms with van der Waals surface area (Å²) in [7, 11) is 2.08. The zero-order valence-electron chi connectivity index (χ0n) is 11.0. The van der Waals surface area contributed by atoms with Crippen LogP contribution in [0.25, 0.3) is 28.2 Å². The summed E-state index contributed by atoms with van der Waals surface area (Å²) in [5, 5.41) is 4.46. The molecular formula is C15H12N5+. The van der Waals surface area contributed by atoms with E-state index in [0.29, 0.717) is 0 Å². The molecule has 0 aliphatic carbocycles. The van der Waals surface area contributed by atoms with Crippen molar-refractivity contribution in [2.45, 2.75) is 6.54 Å². The van der Waals surface area contributed by atoms with Crippen molar-refractivity contribution in [1.82, 2.24) is 19.2 Å². The van der Waals surface area contributed by atoms with Crippen LogP contribution in [0.4, 0.5) is 0 Å². The third kappa shape index (κ3) is 1.02. The molecule has 5 nitrogen and oxygen atoms in total. The molecule has 0 radical (unpaired) electrons. The van der Waals surface area contributed by atoms with E-state index in [4.69, 9.17) is 0 Å². The summed E-state index contributed by atoms with van der Waals surface area (Å²) in [4.78, 5) is 4.55. The molecule has 0 N–H and O–H groups in total. The van der Waals surface area contributed by atoms with Crippen molar-refractivity contribution in [3.63, 3.8) is 0 Å². The first kappa shape index (κ1) is 10.1. The Morgan fingerprint density at radius 1 is 1.20 bits per heavy atom. The van der Waals surface area contributed by atoms with Gasteiger partial charge < -0.3 is 0 Å². The molecule has 5 heterocycles. The topological polar surface area (TPSA) is 39.0 Å². The lowest BCUT2D eigenvalue weighted by atomic mass is 10.2. The first-order valence-corrected chi connectivity index (χ1v) is 6.64. The molecule has 1 aliphatic heterocycles.